The van der Waals surface area contributed by atoms with E-state index in [9.17, 15) is 4.79 Å². The molecule has 0 amide bonds. The van der Waals surface area contributed by atoms with Crippen LogP contribution in [0.1, 0.15) is 17.7 Å². The highest BCUT2D eigenvalue weighted by atomic mass is 35.5. The number of ether oxygens (including phenoxy) is 1. The molecule has 8 heteroatoms. The highest BCUT2D eigenvalue weighted by Crippen LogP contribution is 2.24. The summed E-state index contributed by atoms with van der Waals surface area (Å²) in [6, 6.07) is 9.23. The van der Waals surface area contributed by atoms with E-state index in [2.05, 4.69) is 11.9 Å². The van der Waals surface area contributed by atoms with Gasteiger partial charge in [-0.05, 0) is 43.2 Å². The molecule has 0 aliphatic carbocycles. The first kappa shape index (κ1) is 19.9. The predicted molar refractivity (Wildman–Crippen MR) is 117 cm³/mol. The van der Waals surface area contributed by atoms with Crippen LogP contribution in [-0.4, -0.2) is 32.7 Å². The topological polar surface area (TPSA) is 61.4 Å². The number of aryl methyl sites for hydroxylation is 1. The fourth-order valence-corrected chi connectivity index (χ4v) is 4.29. The molecule has 0 saturated carbocycles. The van der Waals surface area contributed by atoms with Gasteiger partial charge >= 0.3 is 0 Å². The number of rotatable bonds is 7. The van der Waals surface area contributed by atoms with Crippen molar-refractivity contribution in [3.63, 3.8) is 0 Å². The molecule has 0 bridgehead atoms. The summed E-state index contributed by atoms with van der Waals surface area (Å²) in [5.41, 5.74) is 3.56. The Kier molecular flexibility index (Phi) is 5.89. The van der Waals surface area contributed by atoms with E-state index in [0.29, 0.717) is 40.0 Å². The van der Waals surface area contributed by atoms with Gasteiger partial charge in [0.05, 0.1) is 16.6 Å². The molecule has 1 aromatic carbocycles. The largest absolute Gasteiger partial charge is 0.385 e. The summed E-state index contributed by atoms with van der Waals surface area (Å²) in [5, 5.41) is 1.79. The summed E-state index contributed by atoms with van der Waals surface area (Å²) < 4.78 is 8.89. The first-order chi connectivity index (χ1) is 14.0. The van der Waals surface area contributed by atoms with Gasteiger partial charge in [-0.15, -0.1) is 0 Å². The second kappa shape index (κ2) is 8.57. The van der Waals surface area contributed by atoms with Crippen LogP contribution in [0.4, 0.5) is 0 Å². The van der Waals surface area contributed by atoms with E-state index in [1.54, 1.807) is 29.9 Å². The summed E-state index contributed by atoms with van der Waals surface area (Å²) in [6.45, 7) is 3.18. The van der Waals surface area contributed by atoms with E-state index in [-0.39, 0.29) is 5.56 Å². The minimum atomic E-state index is -0.0594. The summed E-state index contributed by atoms with van der Waals surface area (Å²) >= 11 is 7.62. The fourth-order valence-electron chi connectivity index (χ4n) is 3.21. The van der Waals surface area contributed by atoms with E-state index >= 15 is 0 Å². The zero-order valence-electron chi connectivity index (χ0n) is 16.3. The van der Waals surface area contributed by atoms with Crippen LogP contribution in [-0.2, 0) is 17.0 Å². The number of thioether (sulfide) groups is 1. The smallest absolute Gasteiger partial charge is 0.262 e. The average Bonchev–Trinajstić information content (AvgIpc) is 3.10. The van der Waals surface area contributed by atoms with Gasteiger partial charge in [0, 0.05) is 43.4 Å². The Balaban J connectivity index is 1.67. The molecule has 3 heterocycles. The zero-order valence-corrected chi connectivity index (χ0v) is 17.8. The maximum atomic E-state index is 13.1. The fraction of sp³-hybridized carbons (Fsp3) is 0.286. The first-order valence-electron chi connectivity index (χ1n) is 9.31. The Bertz CT molecular complexity index is 1230. The Labute approximate surface area is 177 Å². The van der Waals surface area contributed by atoms with Crippen molar-refractivity contribution < 1.29 is 4.74 Å². The van der Waals surface area contributed by atoms with Crippen molar-refractivity contribution in [1.82, 2.24) is 18.9 Å². The molecular weight excluding hydrogens is 408 g/mol. The van der Waals surface area contributed by atoms with Gasteiger partial charge < -0.3 is 9.14 Å². The molecule has 0 saturated heterocycles. The molecule has 0 aliphatic rings. The Morgan fingerprint density at radius 1 is 1.17 bits per heavy atom. The minimum absolute atomic E-state index is 0.0594. The number of halogens is 1. The van der Waals surface area contributed by atoms with Crippen LogP contribution < -0.4 is 5.56 Å². The second-order valence-corrected chi connectivity index (χ2v) is 8.23. The number of pyridine rings is 1. The molecule has 3 aromatic heterocycles. The third-order valence-electron chi connectivity index (χ3n) is 4.61. The highest BCUT2D eigenvalue weighted by molar-refractivity contribution is 7.98. The van der Waals surface area contributed by atoms with E-state index in [0.717, 1.165) is 17.8 Å². The average molecular weight is 429 g/mol. The molecule has 0 spiro atoms. The SMILES string of the molecule is COCCCn1c(SCc2cn3cc(C)ccc3n2)nc2cc(Cl)ccc2c1=O. The quantitative estimate of drug-likeness (QED) is 0.249. The van der Waals surface area contributed by atoms with Crippen molar-refractivity contribution in [2.24, 2.45) is 0 Å². The predicted octanol–water partition coefficient (Wildman–Crippen LogP) is 4.33. The van der Waals surface area contributed by atoms with Crippen LogP contribution in [0.5, 0.6) is 0 Å². The number of aromatic nitrogens is 4. The van der Waals surface area contributed by atoms with Crippen molar-refractivity contribution in [3.05, 3.63) is 69.4 Å². The van der Waals surface area contributed by atoms with Gasteiger partial charge in [-0.3, -0.25) is 9.36 Å². The Morgan fingerprint density at radius 3 is 2.86 bits per heavy atom. The Morgan fingerprint density at radius 2 is 2.03 bits per heavy atom. The van der Waals surface area contributed by atoms with E-state index < -0.39 is 0 Å². The van der Waals surface area contributed by atoms with Gasteiger partial charge in [-0.25, -0.2) is 9.97 Å². The summed E-state index contributed by atoms with van der Waals surface area (Å²) in [5.74, 6) is 0.615. The van der Waals surface area contributed by atoms with E-state index in [1.807, 2.05) is 28.9 Å². The lowest BCUT2D eigenvalue weighted by Crippen LogP contribution is -2.24. The molecule has 6 nitrogen and oxygen atoms in total. The molecule has 0 fully saturated rings. The van der Waals surface area contributed by atoms with Crippen molar-refractivity contribution >= 4 is 39.9 Å². The lowest BCUT2D eigenvalue weighted by atomic mass is 10.2. The third kappa shape index (κ3) is 4.32. The molecule has 0 N–H and O–H groups in total. The molecule has 0 radical (unpaired) electrons. The lowest BCUT2D eigenvalue weighted by molar-refractivity contribution is 0.189. The summed E-state index contributed by atoms with van der Waals surface area (Å²) in [7, 11) is 1.66. The van der Waals surface area contributed by atoms with Crippen LogP contribution in [0, 0.1) is 6.92 Å². The number of fused-ring (bicyclic) bond motifs is 2. The summed E-state index contributed by atoms with van der Waals surface area (Å²) in [4.78, 5) is 22.4. The molecule has 150 valence electrons. The number of benzene rings is 1. The standard InChI is InChI=1S/C21H21ClN4O2S/c1-14-4-7-19-23-16(12-25(19)11-14)13-29-21-24-18-10-15(22)5-6-17(18)20(27)26(21)8-3-9-28-2/h4-7,10-12H,3,8-9,13H2,1-2H3. The molecule has 0 atom stereocenters. The maximum absolute atomic E-state index is 13.1. The van der Waals surface area contributed by atoms with Crippen LogP contribution in [0.2, 0.25) is 5.02 Å². The minimum Gasteiger partial charge on any atom is -0.385 e. The lowest BCUT2D eigenvalue weighted by Gasteiger charge is -2.12. The third-order valence-corrected chi connectivity index (χ3v) is 5.86. The number of imidazole rings is 1. The van der Waals surface area contributed by atoms with Gasteiger partial charge in [0.15, 0.2) is 5.16 Å². The normalized spacial score (nSPS) is 11.6. The number of hydrogen-bond acceptors (Lipinski definition) is 5. The summed E-state index contributed by atoms with van der Waals surface area (Å²) in [6.07, 6.45) is 4.80. The first-order valence-corrected chi connectivity index (χ1v) is 10.7. The van der Waals surface area contributed by atoms with Crippen molar-refractivity contribution in [1.29, 1.82) is 0 Å². The number of nitrogens with zero attached hydrogens (tertiary/aromatic N) is 4. The van der Waals surface area contributed by atoms with Crippen LogP contribution in [0.15, 0.2) is 52.7 Å². The van der Waals surface area contributed by atoms with Crippen molar-refractivity contribution in [2.75, 3.05) is 13.7 Å². The molecule has 4 rings (SSSR count). The van der Waals surface area contributed by atoms with Gasteiger partial charge in [0.25, 0.3) is 5.56 Å². The van der Waals surface area contributed by atoms with Crippen molar-refractivity contribution in [3.8, 4) is 0 Å². The van der Waals surface area contributed by atoms with Gasteiger partial charge in [0.1, 0.15) is 5.65 Å². The molecule has 29 heavy (non-hydrogen) atoms. The van der Waals surface area contributed by atoms with E-state index in [4.69, 9.17) is 21.3 Å². The molecular formula is C21H21ClN4O2S. The molecule has 4 aromatic rings. The van der Waals surface area contributed by atoms with Gasteiger partial charge in [-0.1, -0.05) is 29.4 Å². The number of hydrogen-bond donors (Lipinski definition) is 0. The van der Waals surface area contributed by atoms with Crippen LogP contribution >= 0.6 is 23.4 Å². The Hall–Kier alpha value is -2.35. The molecule has 0 unspecified atom stereocenters. The highest BCUT2D eigenvalue weighted by Gasteiger charge is 2.13. The van der Waals surface area contributed by atoms with Gasteiger partial charge in [-0.2, -0.15) is 0 Å². The van der Waals surface area contributed by atoms with E-state index in [1.165, 1.54) is 17.3 Å². The van der Waals surface area contributed by atoms with Crippen LogP contribution in [0.3, 0.4) is 0 Å². The second-order valence-electron chi connectivity index (χ2n) is 6.85. The monoisotopic (exact) mass is 428 g/mol. The van der Waals surface area contributed by atoms with Crippen molar-refractivity contribution in [2.45, 2.75) is 30.8 Å². The maximum Gasteiger partial charge on any atom is 0.262 e. The molecule has 0 aliphatic heterocycles. The van der Waals surface area contributed by atoms with Gasteiger partial charge in [0.2, 0.25) is 0 Å². The van der Waals surface area contributed by atoms with Crippen LogP contribution in [0.25, 0.3) is 16.6 Å². The zero-order chi connectivity index (χ0) is 20.4. The number of methoxy groups -OCH3 is 1.